The van der Waals surface area contributed by atoms with E-state index in [2.05, 4.69) is 19.2 Å². The van der Waals surface area contributed by atoms with Gasteiger partial charge < -0.3 is 15.8 Å². The lowest BCUT2D eigenvalue weighted by Crippen LogP contribution is -2.33. The van der Waals surface area contributed by atoms with E-state index in [-0.39, 0.29) is 6.04 Å². The number of hydrogen-bond acceptors (Lipinski definition) is 3. The molecule has 1 aromatic rings. The molecule has 0 saturated carbocycles. The van der Waals surface area contributed by atoms with Gasteiger partial charge in [-0.15, -0.1) is 0 Å². The van der Waals surface area contributed by atoms with Crippen molar-refractivity contribution in [2.45, 2.75) is 26.8 Å². The molecule has 1 atom stereocenters. The molecule has 90 valence electrons. The predicted molar refractivity (Wildman–Crippen MR) is 68.9 cm³/mol. The van der Waals surface area contributed by atoms with Gasteiger partial charge in [0.2, 0.25) is 0 Å². The Labute approximate surface area is 98.0 Å². The van der Waals surface area contributed by atoms with Crippen LogP contribution in [0.4, 0.5) is 5.69 Å². The summed E-state index contributed by atoms with van der Waals surface area (Å²) in [5.41, 5.74) is 7.04. The molecule has 0 saturated heterocycles. The fourth-order valence-corrected chi connectivity index (χ4v) is 1.31. The topological polar surface area (TPSA) is 47.3 Å². The maximum atomic E-state index is 5.95. The van der Waals surface area contributed by atoms with E-state index >= 15 is 0 Å². The maximum absolute atomic E-state index is 5.95. The predicted octanol–water partition coefficient (Wildman–Crippen LogP) is 2.48. The van der Waals surface area contributed by atoms with Crippen molar-refractivity contribution in [3.8, 4) is 5.75 Å². The molecule has 0 bridgehead atoms. The van der Waals surface area contributed by atoms with Crippen LogP contribution in [0.3, 0.4) is 0 Å². The van der Waals surface area contributed by atoms with E-state index in [9.17, 15) is 0 Å². The third-order valence-corrected chi connectivity index (χ3v) is 2.56. The van der Waals surface area contributed by atoms with Crippen LogP contribution in [0.25, 0.3) is 0 Å². The SMILES string of the molecule is CCOc1ccc(NCC(N)C(C)C)cc1. The molecule has 0 aliphatic carbocycles. The van der Waals surface area contributed by atoms with Gasteiger partial charge >= 0.3 is 0 Å². The highest BCUT2D eigenvalue weighted by molar-refractivity contribution is 5.46. The van der Waals surface area contributed by atoms with Gasteiger partial charge in [-0.05, 0) is 37.1 Å². The lowest BCUT2D eigenvalue weighted by molar-refractivity contribution is 0.340. The van der Waals surface area contributed by atoms with Gasteiger partial charge in [0.25, 0.3) is 0 Å². The van der Waals surface area contributed by atoms with E-state index in [1.807, 2.05) is 31.2 Å². The second-order valence-corrected chi connectivity index (χ2v) is 4.25. The minimum absolute atomic E-state index is 0.187. The highest BCUT2D eigenvalue weighted by Crippen LogP contribution is 2.15. The number of anilines is 1. The quantitative estimate of drug-likeness (QED) is 0.777. The van der Waals surface area contributed by atoms with Crippen LogP contribution in [0.15, 0.2) is 24.3 Å². The fraction of sp³-hybridized carbons (Fsp3) is 0.538. The summed E-state index contributed by atoms with van der Waals surface area (Å²) in [6.07, 6.45) is 0. The van der Waals surface area contributed by atoms with Crippen LogP contribution in [0.1, 0.15) is 20.8 Å². The molecule has 16 heavy (non-hydrogen) atoms. The van der Waals surface area contributed by atoms with E-state index in [1.165, 1.54) is 0 Å². The molecule has 1 unspecified atom stereocenters. The second-order valence-electron chi connectivity index (χ2n) is 4.25. The van der Waals surface area contributed by atoms with Gasteiger partial charge in [-0.25, -0.2) is 0 Å². The normalized spacial score (nSPS) is 12.6. The van der Waals surface area contributed by atoms with Gasteiger partial charge in [-0.1, -0.05) is 13.8 Å². The molecule has 0 aliphatic heterocycles. The smallest absolute Gasteiger partial charge is 0.119 e. The summed E-state index contributed by atoms with van der Waals surface area (Å²) >= 11 is 0. The summed E-state index contributed by atoms with van der Waals surface area (Å²) in [5, 5.41) is 3.31. The monoisotopic (exact) mass is 222 g/mol. The molecule has 3 N–H and O–H groups in total. The van der Waals surface area contributed by atoms with E-state index in [1.54, 1.807) is 0 Å². The summed E-state index contributed by atoms with van der Waals surface area (Å²) in [7, 11) is 0. The first-order valence-corrected chi connectivity index (χ1v) is 5.85. The van der Waals surface area contributed by atoms with Crippen molar-refractivity contribution in [1.82, 2.24) is 0 Å². The van der Waals surface area contributed by atoms with Crippen molar-refractivity contribution in [3.63, 3.8) is 0 Å². The Kier molecular flexibility index (Phi) is 5.12. The summed E-state index contributed by atoms with van der Waals surface area (Å²) in [6, 6.07) is 8.14. The zero-order valence-corrected chi connectivity index (χ0v) is 10.4. The standard InChI is InChI=1S/C13H22N2O/c1-4-16-12-7-5-11(6-8-12)15-9-13(14)10(2)3/h5-8,10,13,15H,4,9,14H2,1-3H3. The molecule has 1 rings (SSSR count). The third kappa shape index (κ3) is 4.11. The number of nitrogens with two attached hydrogens (primary N) is 1. The molecular weight excluding hydrogens is 200 g/mol. The zero-order valence-electron chi connectivity index (χ0n) is 10.4. The average Bonchev–Trinajstić information content (AvgIpc) is 2.28. The first-order valence-electron chi connectivity index (χ1n) is 5.85. The van der Waals surface area contributed by atoms with Crippen LogP contribution in [-0.2, 0) is 0 Å². The van der Waals surface area contributed by atoms with Crippen molar-refractivity contribution in [2.75, 3.05) is 18.5 Å². The highest BCUT2D eigenvalue weighted by atomic mass is 16.5. The number of rotatable bonds is 6. The first-order chi connectivity index (χ1) is 7.63. The molecule has 1 aromatic carbocycles. The summed E-state index contributed by atoms with van der Waals surface area (Å²) in [5.74, 6) is 1.40. The van der Waals surface area contributed by atoms with Crippen molar-refractivity contribution >= 4 is 5.69 Å². The molecule has 0 spiro atoms. The fourth-order valence-electron chi connectivity index (χ4n) is 1.31. The number of hydrogen-bond donors (Lipinski definition) is 2. The molecule has 0 heterocycles. The molecule has 0 aromatic heterocycles. The molecule has 0 radical (unpaired) electrons. The van der Waals surface area contributed by atoms with Crippen molar-refractivity contribution < 1.29 is 4.74 Å². The Morgan fingerprint density at radius 3 is 2.38 bits per heavy atom. The van der Waals surface area contributed by atoms with E-state index in [0.717, 1.165) is 18.0 Å². The van der Waals surface area contributed by atoms with Gasteiger partial charge in [0, 0.05) is 18.3 Å². The van der Waals surface area contributed by atoms with E-state index in [0.29, 0.717) is 12.5 Å². The van der Waals surface area contributed by atoms with E-state index in [4.69, 9.17) is 10.5 Å². The highest BCUT2D eigenvalue weighted by Gasteiger charge is 2.06. The van der Waals surface area contributed by atoms with Crippen LogP contribution in [0.5, 0.6) is 5.75 Å². The Bertz CT molecular complexity index is 295. The van der Waals surface area contributed by atoms with Gasteiger partial charge in [0.05, 0.1) is 6.61 Å². The van der Waals surface area contributed by atoms with Crippen molar-refractivity contribution in [3.05, 3.63) is 24.3 Å². The molecule has 3 nitrogen and oxygen atoms in total. The lowest BCUT2D eigenvalue weighted by atomic mass is 10.1. The van der Waals surface area contributed by atoms with Crippen LogP contribution in [-0.4, -0.2) is 19.2 Å². The molecular formula is C13H22N2O. The second kappa shape index (κ2) is 6.38. The van der Waals surface area contributed by atoms with Gasteiger partial charge in [0.1, 0.15) is 5.75 Å². The Balaban J connectivity index is 2.43. The van der Waals surface area contributed by atoms with Crippen LogP contribution in [0.2, 0.25) is 0 Å². The van der Waals surface area contributed by atoms with E-state index < -0.39 is 0 Å². The number of nitrogens with one attached hydrogen (secondary N) is 1. The van der Waals surface area contributed by atoms with Crippen molar-refractivity contribution in [2.24, 2.45) is 11.7 Å². The van der Waals surface area contributed by atoms with Crippen molar-refractivity contribution in [1.29, 1.82) is 0 Å². The summed E-state index contributed by atoms with van der Waals surface area (Å²) in [4.78, 5) is 0. The Hall–Kier alpha value is -1.22. The maximum Gasteiger partial charge on any atom is 0.119 e. The van der Waals surface area contributed by atoms with Crippen LogP contribution < -0.4 is 15.8 Å². The first kappa shape index (κ1) is 12.8. The number of ether oxygens (including phenoxy) is 1. The molecule has 3 heteroatoms. The van der Waals surface area contributed by atoms with Gasteiger partial charge in [-0.2, -0.15) is 0 Å². The zero-order chi connectivity index (χ0) is 12.0. The third-order valence-electron chi connectivity index (χ3n) is 2.56. The number of benzene rings is 1. The minimum atomic E-state index is 0.187. The summed E-state index contributed by atoms with van der Waals surface area (Å²) in [6.45, 7) is 7.74. The Morgan fingerprint density at radius 2 is 1.88 bits per heavy atom. The summed E-state index contributed by atoms with van der Waals surface area (Å²) < 4.78 is 5.37. The van der Waals surface area contributed by atoms with Gasteiger partial charge in [0.15, 0.2) is 0 Å². The molecule has 0 aliphatic rings. The Morgan fingerprint density at radius 1 is 1.25 bits per heavy atom. The van der Waals surface area contributed by atoms with Crippen LogP contribution in [0, 0.1) is 5.92 Å². The molecule has 0 amide bonds. The minimum Gasteiger partial charge on any atom is -0.494 e. The largest absolute Gasteiger partial charge is 0.494 e. The molecule has 0 fully saturated rings. The van der Waals surface area contributed by atoms with Gasteiger partial charge in [-0.3, -0.25) is 0 Å². The average molecular weight is 222 g/mol. The van der Waals surface area contributed by atoms with Crippen LogP contribution >= 0.6 is 0 Å². The lowest BCUT2D eigenvalue weighted by Gasteiger charge is -2.17.